The van der Waals surface area contributed by atoms with E-state index in [1.807, 2.05) is 0 Å². The van der Waals surface area contributed by atoms with Crippen LogP contribution >= 0.6 is 0 Å². The Bertz CT molecular complexity index is 197. The standard InChI is InChI=1S/C14H32N2O/c1-7-8-13(4)16(6)10-9-14(5,11-17)15-12(2)3/h12-13,15,17H,7-11H2,1-6H3. The molecule has 0 aliphatic heterocycles. The fourth-order valence-corrected chi connectivity index (χ4v) is 2.18. The zero-order valence-corrected chi connectivity index (χ0v) is 12.6. The van der Waals surface area contributed by atoms with E-state index in [0.717, 1.165) is 13.0 Å². The summed E-state index contributed by atoms with van der Waals surface area (Å²) in [5.41, 5.74) is -0.158. The lowest BCUT2D eigenvalue weighted by molar-refractivity contribution is 0.133. The van der Waals surface area contributed by atoms with E-state index in [1.165, 1.54) is 12.8 Å². The Morgan fingerprint density at radius 2 is 1.88 bits per heavy atom. The minimum Gasteiger partial charge on any atom is -0.394 e. The maximum absolute atomic E-state index is 9.51. The minimum absolute atomic E-state index is 0.158. The van der Waals surface area contributed by atoms with Gasteiger partial charge in [0.15, 0.2) is 0 Å². The van der Waals surface area contributed by atoms with E-state index >= 15 is 0 Å². The van der Waals surface area contributed by atoms with Crippen molar-refractivity contribution in [1.29, 1.82) is 0 Å². The molecule has 104 valence electrons. The molecule has 0 amide bonds. The Hall–Kier alpha value is -0.120. The van der Waals surface area contributed by atoms with Gasteiger partial charge in [-0.15, -0.1) is 0 Å². The molecule has 0 saturated heterocycles. The predicted molar refractivity (Wildman–Crippen MR) is 75.4 cm³/mol. The van der Waals surface area contributed by atoms with Crippen molar-refractivity contribution in [3.8, 4) is 0 Å². The molecule has 2 N–H and O–H groups in total. The van der Waals surface area contributed by atoms with Crippen molar-refractivity contribution in [1.82, 2.24) is 10.2 Å². The lowest BCUT2D eigenvalue weighted by Gasteiger charge is -2.34. The Morgan fingerprint density at radius 1 is 1.29 bits per heavy atom. The molecule has 0 spiro atoms. The Kier molecular flexibility index (Phi) is 8.01. The van der Waals surface area contributed by atoms with Gasteiger partial charge in [-0.1, -0.05) is 27.2 Å². The second kappa shape index (κ2) is 8.06. The molecule has 0 aliphatic rings. The van der Waals surface area contributed by atoms with E-state index in [-0.39, 0.29) is 12.1 Å². The van der Waals surface area contributed by atoms with E-state index < -0.39 is 0 Å². The van der Waals surface area contributed by atoms with Crippen molar-refractivity contribution >= 4 is 0 Å². The highest BCUT2D eigenvalue weighted by atomic mass is 16.3. The topological polar surface area (TPSA) is 35.5 Å². The van der Waals surface area contributed by atoms with Crippen LogP contribution in [0.25, 0.3) is 0 Å². The Balaban J connectivity index is 4.13. The number of hydrogen-bond donors (Lipinski definition) is 2. The summed E-state index contributed by atoms with van der Waals surface area (Å²) in [4.78, 5) is 2.39. The highest BCUT2D eigenvalue weighted by molar-refractivity contribution is 4.85. The lowest BCUT2D eigenvalue weighted by atomic mass is 9.97. The molecule has 3 nitrogen and oxygen atoms in total. The zero-order valence-electron chi connectivity index (χ0n) is 12.6. The number of rotatable bonds is 9. The van der Waals surface area contributed by atoms with Gasteiger partial charge in [0.25, 0.3) is 0 Å². The molecule has 0 rings (SSSR count). The van der Waals surface area contributed by atoms with Crippen molar-refractivity contribution < 1.29 is 5.11 Å². The normalized spacial score (nSPS) is 17.5. The lowest BCUT2D eigenvalue weighted by Crippen LogP contribution is -2.51. The number of aliphatic hydroxyl groups excluding tert-OH is 1. The first kappa shape index (κ1) is 16.9. The van der Waals surface area contributed by atoms with Crippen LogP contribution in [0.15, 0.2) is 0 Å². The third kappa shape index (κ3) is 7.02. The molecular formula is C14H32N2O. The van der Waals surface area contributed by atoms with Gasteiger partial charge in [-0.25, -0.2) is 0 Å². The summed E-state index contributed by atoms with van der Waals surface area (Å²) in [5, 5.41) is 13.0. The predicted octanol–water partition coefficient (Wildman–Crippen LogP) is 2.25. The van der Waals surface area contributed by atoms with Gasteiger partial charge < -0.3 is 15.3 Å². The van der Waals surface area contributed by atoms with Crippen molar-refractivity contribution in [3.05, 3.63) is 0 Å². The van der Waals surface area contributed by atoms with Crippen molar-refractivity contribution in [2.24, 2.45) is 0 Å². The summed E-state index contributed by atoms with van der Waals surface area (Å²) in [5.74, 6) is 0. The molecule has 0 aromatic heterocycles. The van der Waals surface area contributed by atoms with Crippen LogP contribution in [0.5, 0.6) is 0 Å². The molecule has 0 heterocycles. The third-order valence-electron chi connectivity index (χ3n) is 3.46. The van der Waals surface area contributed by atoms with E-state index in [4.69, 9.17) is 0 Å². The highest BCUT2D eigenvalue weighted by Gasteiger charge is 2.24. The Morgan fingerprint density at radius 3 is 2.29 bits per heavy atom. The highest BCUT2D eigenvalue weighted by Crippen LogP contribution is 2.13. The molecule has 0 saturated carbocycles. The van der Waals surface area contributed by atoms with E-state index in [9.17, 15) is 5.11 Å². The first-order valence-electron chi connectivity index (χ1n) is 6.93. The summed E-state index contributed by atoms with van der Waals surface area (Å²) in [7, 11) is 2.17. The first-order chi connectivity index (χ1) is 7.84. The fraction of sp³-hybridized carbons (Fsp3) is 1.00. The molecule has 17 heavy (non-hydrogen) atoms. The molecule has 0 radical (unpaired) electrons. The molecule has 0 fully saturated rings. The van der Waals surface area contributed by atoms with Crippen molar-refractivity contribution in [3.63, 3.8) is 0 Å². The second-order valence-corrected chi connectivity index (χ2v) is 5.89. The smallest absolute Gasteiger partial charge is 0.0611 e. The summed E-state index contributed by atoms with van der Waals surface area (Å²) < 4.78 is 0. The number of aliphatic hydroxyl groups is 1. The summed E-state index contributed by atoms with van der Waals surface area (Å²) in [6.07, 6.45) is 3.45. The summed E-state index contributed by atoms with van der Waals surface area (Å²) in [6.45, 7) is 12.1. The van der Waals surface area contributed by atoms with E-state index in [0.29, 0.717) is 12.1 Å². The molecule has 0 bridgehead atoms. The SMILES string of the molecule is CCCC(C)N(C)CCC(C)(CO)NC(C)C. The van der Waals surface area contributed by atoms with Gasteiger partial charge in [-0.2, -0.15) is 0 Å². The average molecular weight is 244 g/mol. The summed E-state index contributed by atoms with van der Waals surface area (Å²) >= 11 is 0. The van der Waals surface area contributed by atoms with Gasteiger partial charge in [0.05, 0.1) is 6.61 Å². The van der Waals surface area contributed by atoms with Crippen molar-refractivity contribution in [2.45, 2.75) is 71.5 Å². The van der Waals surface area contributed by atoms with Crippen LogP contribution in [0.3, 0.4) is 0 Å². The van der Waals surface area contributed by atoms with Crippen LogP contribution in [-0.4, -0.2) is 47.8 Å². The zero-order chi connectivity index (χ0) is 13.5. The summed E-state index contributed by atoms with van der Waals surface area (Å²) in [6, 6.07) is 1.03. The van der Waals surface area contributed by atoms with Gasteiger partial charge in [-0.3, -0.25) is 0 Å². The van der Waals surface area contributed by atoms with Crippen LogP contribution in [0.2, 0.25) is 0 Å². The maximum Gasteiger partial charge on any atom is 0.0611 e. The molecule has 2 atom stereocenters. The van der Waals surface area contributed by atoms with Crippen LogP contribution < -0.4 is 5.32 Å². The number of nitrogens with one attached hydrogen (secondary N) is 1. The monoisotopic (exact) mass is 244 g/mol. The van der Waals surface area contributed by atoms with Gasteiger partial charge in [0.1, 0.15) is 0 Å². The quantitative estimate of drug-likeness (QED) is 0.653. The van der Waals surface area contributed by atoms with Crippen LogP contribution in [0.4, 0.5) is 0 Å². The van der Waals surface area contributed by atoms with Gasteiger partial charge >= 0.3 is 0 Å². The Labute approximate surface area is 108 Å². The molecule has 3 heteroatoms. The minimum atomic E-state index is -0.158. The third-order valence-corrected chi connectivity index (χ3v) is 3.46. The first-order valence-corrected chi connectivity index (χ1v) is 6.93. The molecule has 0 aromatic rings. The fourth-order valence-electron chi connectivity index (χ4n) is 2.18. The molecule has 0 aliphatic carbocycles. The van der Waals surface area contributed by atoms with Gasteiger partial charge in [0.2, 0.25) is 0 Å². The van der Waals surface area contributed by atoms with Crippen LogP contribution in [-0.2, 0) is 0 Å². The maximum atomic E-state index is 9.51. The molecular weight excluding hydrogens is 212 g/mol. The van der Waals surface area contributed by atoms with Crippen LogP contribution in [0.1, 0.15) is 53.9 Å². The average Bonchev–Trinajstić information content (AvgIpc) is 2.25. The van der Waals surface area contributed by atoms with Crippen LogP contribution in [0, 0.1) is 0 Å². The van der Waals surface area contributed by atoms with E-state index in [2.05, 4.69) is 51.9 Å². The second-order valence-electron chi connectivity index (χ2n) is 5.89. The van der Waals surface area contributed by atoms with Crippen molar-refractivity contribution in [2.75, 3.05) is 20.2 Å². The molecule has 2 unspecified atom stereocenters. The largest absolute Gasteiger partial charge is 0.394 e. The van der Waals surface area contributed by atoms with Gasteiger partial charge in [-0.05, 0) is 40.3 Å². The van der Waals surface area contributed by atoms with Gasteiger partial charge in [0, 0.05) is 17.6 Å². The molecule has 0 aromatic carbocycles. The number of hydrogen-bond acceptors (Lipinski definition) is 3. The number of nitrogens with zero attached hydrogens (tertiary/aromatic N) is 1. The van der Waals surface area contributed by atoms with E-state index in [1.54, 1.807) is 0 Å².